The number of aromatic nitrogens is 1. The zero-order valence-corrected chi connectivity index (χ0v) is 19.8. The maximum absolute atomic E-state index is 13.2. The molecule has 0 spiro atoms. The Hall–Kier alpha value is -3.45. The highest BCUT2D eigenvalue weighted by Crippen LogP contribution is 2.28. The van der Waals surface area contributed by atoms with Gasteiger partial charge in [0.15, 0.2) is 0 Å². The Kier molecular flexibility index (Phi) is 5.60. The number of anilines is 1. The standard InChI is InChI=1S/C25H22BrN3O3/c1-14-5-7-19(8-6-14)28-16(3)12-18(17(28)4)13-21-23(30)27-25(32)29(24(21)31)20-9-10-22(26)15(2)11-20/h5-13H,1-4H3,(H,27,30,32)/b21-13-. The van der Waals surface area contributed by atoms with Crippen LogP contribution in [0, 0.1) is 27.7 Å². The Bertz CT molecular complexity index is 1300. The molecule has 1 saturated heterocycles. The smallest absolute Gasteiger partial charge is 0.318 e. The fraction of sp³-hybridized carbons (Fsp3) is 0.160. The van der Waals surface area contributed by atoms with Crippen LogP contribution in [-0.2, 0) is 9.59 Å². The quantitative estimate of drug-likeness (QED) is 0.407. The first-order valence-corrected chi connectivity index (χ1v) is 10.9. The zero-order chi connectivity index (χ0) is 23.2. The van der Waals surface area contributed by atoms with Gasteiger partial charge in [-0.05, 0) is 81.3 Å². The van der Waals surface area contributed by atoms with Crippen molar-refractivity contribution >= 4 is 45.5 Å². The van der Waals surface area contributed by atoms with E-state index in [4.69, 9.17) is 0 Å². The van der Waals surface area contributed by atoms with Crippen molar-refractivity contribution in [3.63, 3.8) is 0 Å². The van der Waals surface area contributed by atoms with Crippen LogP contribution in [0.4, 0.5) is 10.5 Å². The lowest BCUT2D eigenvalue weighted by Gasteiger charge is -2.26. The third-order valence-corrected chi connectivity index (χ3v) is 6.45. The third-order valence-electron chi connectivity index (χ3n) is 5.56. The summed E-state index contributed by atoms with van der Waals surface area (Å²) in [7, 11) is 0. The highest BCUT2D eigenvalue weighted by molar-refractivity contribution is 9.10. The van der Waals surface area contributed by atoms with Gasteiger partial charge in [0.1, 0.15) is 5.57 Å². The van der Waals surface area contributed by atoms with E-state index in [0.717, 1.165) is 43.1 Å². The number of hydrogen-bond acceptors (Lipinski definition) is 3. The van der Waals surface area contributed by atoms with Crippen LogP contribution in [0.2, 0.25) is 0 Å². The first kappa shape index (κ1) is 21.8. The predicted molar refractivity (Wildman–Crippen MR) is 128 cm³/mol. The molecule has 0 unspecified atom stereocenters. The summed E-state index contributed by atoms with van der Waals surface area (Å²) >= 11 is 3.42. The summed E-state index contributed by atoms with van der Waals surface area (Å²) in [4.78, 5) is 39.3. The SMILES string of the molecule is Cc1ccc(-n2c(C)cc(/C=C3/C(=O)NC(=O)N(c4ccc(Br)c(C)c4)C3=O)c2C)cc1. The maximum Gasteiger partial charge on any atom is 0.335 e. The molecule has 4 rings (SSSR count). The highest BCUT2D eigenvalue weighted by atomic mass is 79.9. The molecule has 162 valence electrons. The number of urea groups is 1. The Morgan fingerprint density at radius 3 is 2.19 bits per heavy atom. The minimum absolute atomic E-state index is 0.0886. The number of halogens is 1. The van der Waals surface area contributed by atoms with Gasteiger partial charge in [-0.3, -0.25) is 14.9 Å². The molecule has 0 radical (unpaired) electrons. The van der Waals surface area contributed by atoms with Crippen molar-refractivity contribution in [1.82, 2.24) is 9.88 Å². The second-order valence-corrected chi connectivity index (χ2v) is 8.74. The Morgan fingerprint density at radius 2 is 1.53 bits per heavy atom. The summed E-state index contributed by atoms with van der Waals surface area (Å²) < 4.78 is 2.93. The summed E-state index contributed by atoms with van der Waals surface area (Å²) in [6.07, 6.45) is 1.55. The van der Waals surface area contributed by atoms with Crippen LogP contribution in [0.25, 0.3) is 11.8 Å². The lowest BCUT2D eigenvalue weighted by molar-refractivity contribution is -0.122. The largest absolute Gasteiger partial charge is 0.335 e. The number of aryl methyl sites for hydroxylation is 3. The molecule has 1 fully saturated rings. The number of barbiturate groups is 1. The molecule has 1 N–H and O–H groups in total. The Morgan fingerprint density at radius 1 is 0.875 bits per heavy atom. The molecular weight excluding hydrogens is 470 g/mol. The second-order valence-electron chi connectivity index (χ2n) is 7.89. The predicted octanol–water partition coefficient (Wildman–Crippen LogP) is 5.14. The van der Waals surface area contributed by atoms with Gasteiger partial charge < -0.3 is 4.57 Å². The summed E-state index contributed by atoms with van der Waals surface area (Å²) in [6.45, 7) is 7.80. The van der Waals surface area contributed by atoms with E-state index in [1.807, 2.05) is 58.0 Å². The van der Waals surface area contributed by atoms with E-state index in [0.29, 0.717) is 5.69 Å². The van der Waals surface area contributed by atoms with Gasteiger partial charge in [-0.2, -0.15) is 0 Å². The van der Waals surface area contributed by atoms with E-state index in [9.17, 15) is 14.4 Å². The number of nitrogens with one attached hydrogen (secondary N) is 1. The van der Waals surface area contributed by atoms with Crippen molar-refractivity contribution in [3.05, 3.63) is 86.7 Å². The number of hydrogen-bond donors (Lipinski definition) is 1. The third kappa shape index (κ3) is 3.80. The molecule has 2 heterocycles. The minimum Gasteiger partial charge on any atom is -0.318 e. The van der Waals surface area contributed by atoms with Gasteiger partial charge in [0.05, 0.1) is 5.69 Å². The summed E-state index contributed by atoms with van der Waals surface area (Å²) in [6, 6.07) is 14.4. The number of amides is 4. The van der Waals surface area contributed by atoms with E-state index in [1.165, 1.54) is 0 Å². The molecule has 6 nitrogen and oxygen atoms in total. The first-order valence-electron chi connectivity index (χ1n) is 10.1. The average molecular weight is 492 g/mol. The van der Waals surface area contributed by atoms with Crippen LogP contribution in [0.15, 0.2) is 58.6 Å². The number of carbonyl (C=O) groups is 3. The molecule has 3 aromatic rings. The van der Waals surface area contributed by atoms with Gasteiger partial charge in [-0.15, -0.1) is 0 Å². The zero-order valence-electron chi connectivity index (χ0n) is 18.2. The minimum atomic E-state index is -0.760. The van der Waals surface area contributed by atoms with Crippen molar-refractivity contribution < 1.29 is 14.4 Å². The van der Waals surface area contributed by atoms with Crippen LogP contribution >= 0.6 is 15.9 Å². The molecular formula is C25H22BrN3O3. The molecule has 1 aliphatic heterocycles. The average Bonchev–Trinajstić information content (AvgIpc) is 3.01. The Labute approximate surface area is 194 Å². The molecule has 4 amide bonds. The van der Waals surface area contributed by atoms with E-state index in [1.54, 1.807) is 24.3 Å². The molecule has 1 aromatic heterocycles. The van der Waals surface area contributed by atoms with E-state index < -0.39 is 17.8 Å². The van der Waals surface area contributed by atoms with Gasteiger partial charge in [-0.25, -0.2) is 9.69 Å². The maximum atomic E-state index is 13.2. The molecule has 0 aliphatic carbocycles. The molecule has 0 atom stereocenters. The number of rotatable bonds is 3. The highest BCUT2D eigenvalue weighted by Gasteiger charge is 2.37. The van der Waals surface area contributed by atoms with Crippen molar-refractivity contribution in [1.29, 1.82) is 0 Å². The normalized spacial score (nSPS) is 15.5. The number of imide groups is 2. The molecule has 7 heteroatoms. The van der Waals surface area contributed by atoms with Gasteiger partial charge in [0.2, 0.25) is 0 Å². The van der Waals surface area contributed by atoms with Crippen LogP contribution in [0.1, 0.15) is 28.1 Å². The number of nitrogens with zero attached hydrogens (tertiary/aromatic N) is 2. The Balaban J connectivity index is 1.76. The van der Waals surface area contributed by atoms with E-state index in [-0.39, 0.29) is 5.57 Å². The first-order chi connectivity index (χ1) is 15.2. The fourth-order valence-corrected chi connectivity index (χ4v) is 4.09. The number of benzene rings is 2. The van der Waals surface area contributed by atoms with Gasteiger partial charge >= 0.3 is 6.03 Å². The van der Waals surface area contributed by atoms with E-state index in [2.05, 4.69) is 25.8 Å². The van der Waals surface area contributed by atoms with Crippen LogP contribution < -0.4 is 10.2 Å². The fourth-order valence-electron chi connectivity index (χ4n) is 3.84. The van der Waals surface area contributed by atoms with Gasteiger partial charge in [-0.1, -0.05) is 33.6 Å². The summed E-state index contributed by atoms with van der Waals surface area (Å²) in [5.41, 5.74) is 5.94. The van der Waals surface area contributed by atoms with Crippen LogP contribution in [-0.4, -0.2) is 22.4 Å². The number of carbonyl (C=O) groups excluding carboxylic acids is 3. The van der Waals surface area contributed by atoms with Crippen molar-refractivity contribution in [2.45, 2.75) is 27.7 Å². The summed E-state index contributed by atoms with van der Waals surface area (Å²) in [5, 5.41) is 2.28. The van der Waals surface area contributed by atoms with Crippen LogP contribution in [0.5, 0.6) is 0 Å². The van der Waals surface area contributed by atoms with E-state index >= 15 is 0 Å². The lowest BCUT2D eigenvalue weighted by atomic mass is 10.1. The molecule has 1 aliphatic rings. The van der Waals surface area contributed by atoms with Gasteiger partial charge in [0.25, 0.3) is 11.8 Å². The molecule has 32 heavy (non-hydrogen) atoms. The topological polar surface area (TPSA) is 71.4 Å². The molecule has 2 aromatic carbocycles. The van der Waals surface area contributed by atoms with Crippen molar-refractivity contribution in [2.24, 2.45) is 0 Å². The second kappa shape index (κ2) is 8.24. The molecule has 0 saturated carbocycles. The summed E-state index contributed by atoms with van der Waals surface area (Å²) in [5.74, 6) is -1.36. The lowest BCUT2D eigenvalue weighted by Crippen LogP contribution is -2.54. The van der Waals surface area contributed by atoms with Crippen molar-refractivity contribution in [3.8, 4) is 5.69 Å². The van der Waals surface area contributed by atoms with Crippen LogP contribution in [0.3, 0.4) is 0 Å². The monoisotopic (exact) mass is 491 g/mol. The molecule has 0 bridgehead atoms. The van der Waals surface area contributed by atoms with Gasteiger partial charge in [0, 0.05) is 21.5 Å². The van der Waals surface area contributed by atoms with Crippen molar-refractivity contribution in [2.75, 3.05) is 4.90 Å².